The molecule has 0 radical (unpaired) electrons. The van der Waals surface area contributed by atoms with Crippen molar-refractivity contribution in [2.24, 2.45) is 11.8 Å². The van der Waals surface area contributed by atoms with Crippen LogP contribution in [0.4, 0.5) is 0 Å². The summed E-state index contributed by atoms with van der Waals surface area (Å²) in [7, 11) is 0. The van der Waals surface area contributed by atoms with Crippen LogP contribution in [0.1, 0.15) is 17.5 Å². The molecule has 2 atom stereocenters. The maximum absolute atomic E-state index is 2.34. The molecule has 0 spiro atoms. The molecule has 14 heavy (non-hydrogen) atoms. The Kier molecular flexibility index (Phi) is 1.63. The molecule has 0 nitrogen and oxygen atoms in total. The Bertz CT molecular complexity index is 406. The van der Waals surface area contributed by atoms with Crippen molar-refractivity contribution in [3.63, 3.8) is 0 Å². The summed E-state index contributed by atoms with van der Waals surface area (Å²) >= 11 is 0. The predicted octanol–water partition coefficient (Wildman–Crippen LogP) is 3.58. The van der Waals surface area contributed by atoms with E-state index in [0.717, 1.165) is 11.8 Å². The second-order valence-electron chi connectivity index (χ2n) is 4.38. The minimum Gasteiger partial charge on any atom is -0.0808 e. The molecule has 0 aliphatic heterocycles. The molecule has 0 heteroatoms. The van der Waals surface area contributed by atoms with Gasteiger partial charge in [-0.15, -0.1) is 0 Å². The van der Waals surface area contributed by atoms with Crippen molar-refractivity contribution in [2.75, 3.05) is 0 Å². The van der Waals surface area contributed by atoms with Crippen molar-refractivity contribution < 1.29 is 0 Å². The van der Waals surface area contributed by atoms with E-state index in [1.807, 2.05) is 0 Å². The van der Waals surface area contributed by atoms with Crippen molar-refractivity contribution in [2.45, 2.75) is 13.3 Å². The highest BCUT2D eigenvalue weighted by molar-refractivity contribution is 5.73. The van der Waals surface area contributed by atoms with Crippen LogP contribution in [0.2, 0.25) is 0 Å². The Hall–Kier alpha value is -1.30. The first-order valence-electron chi connectivity index (χ1n) is 5.30. The largest absolute Gasteiger partial charge is 0.0808 e. The van der Waals surface area contributed by atoms with Crippen LogP contribution < -0.4 is 0 Å². The fourth-order valence-corrected chi connectivity index (χ4v) is 2.27. The average Bonchev–Trinajstić information content (AvgIpc) is 2.97. The van der Waals surface area contributed by atoms with Crippen LogP contribution in [-0.2, 0) is 0 Å². The molecule has 70 valence electrons. The minimum atomic E-state index is 0.822. The molecule has 0 amide bonds. The summed E-state index contributed by atoms with van der Waals surface area (Å²) in [5.41, 5.74) is 4.29. The van der Waals surface area contributed by atoms with Gasteiger partial charge in [0.1, 0.15) is 0 Å². The van der Waals surface area contributed by atoms with E-state index < -0.39 is 0 Å². The Balaban J connectivity index is 1.99. The van der Waals surface area contributed by atoms with Gasteiger partial charge in [0.05, 0.1) is 0 Å². The van der Waals surface area contributed by atoms with Crippen LogP contribution in [0.5, 0.6) is 0 Å². The van der Waals surface area contributed by atoms with Crippen LogP contribution in [-0.4, -0.2) is 0 Å². The molecule has 1 saturated carbocycles. The van der Waals surface area contributed by atoms with E-state index in [-0.39, 0.29) is 0 Å². The molecule has 0 heterocycles. The molecule has 0 aromatic heterocycles. The quantitative estimate of drug-likeness (QED) is 0.622. The standard InChI is InChI=1S/C14H14/c1-10-5-7-11(8-6-10)13-4-2-3-12-9-14(12)13/h2-8,12,14H,9H2,1H3/t12?,14-/m0/s1. The van der Waals surface area contributed by atoms with Gasteiger partial charge < -0.3 is 0 Å². The van der Waals surface area contributed by atoms with Gasteiger partial charge >= 0.3 is 0 Å². The van der Waals surface area contributed by atoms with E-state index in [1.165, 1.54) is 23.1 Å². The van der Waals surface area contributed by atoms with Crippen molar-refractivity contribution in [1.29, 1.82) is 0 Å². The number of benzene rings is 1. The van der Waals surface area contributed by atoms with Crippen LogP contribution in [0.25, 0.3) is 5.57 Å². The normalized spacial score (nSPS) is 28.2. The zero-order chi connectivity index (χ0) is 9.54. The second kappa shape index (κ2) is 2.84. The third-order valence-electron chi connectivity index (χ3n) is 3.26. The summed E-state index contributed by atoms with van der Waals surface area (Å²) in [5, 5.41) is 0. The third-order valence-corrected chi connectivity index (χ3v) is 3.26. The smallest absolute Gasteiger partial charge is 0.00869 e. The third kappa shape index (κ3) is 1.22. The molecule has 2 aliphatic carbocycles. The lowest BCUT2D eigenvalue weighted by atomic mass is 9.96. The van der Waals surface area contributed by atoms with Gasteiger partial charge in [-0.1, -0.05) is 48.1 Å². The molecular formula is C14H14. The van der Waals surface area contributed by atoms with Crippen LogP contribution in [0.3, 0.4) is 0 Å². The lowest BCUT2D eigenvalue weighted by molar-refractivity contribution is 0.999. The summed E-state index contributed by atoms with van der Waals surface area (Å²) in [4.78, 5) is 0. The van der Waals surface area contributed by atoms with E-state index >= 15 is 0 Å². The highest BCUT2D eigenvalue weighted by Crippen LogP contribution is 2.50. The maximum Gasteiger partial charge on any atom is -0.00869 e. The monoisotopic (exact) mass is 182 g/mol. The van der Waals surface area contributed by atoms with E-state index in [2.05, 4.69) is 49.4 Å². The molecule has 2 aliphatic rings. The summed E-state index contributed by atoms with van der Waals surface area (Å²) in [5.74, 6) is 1.67. The van der Waals surface area contributed by atoms with E-state index in [4.69, 9.17) is 0 Å². The van der Waals surface area contributed by atoms with Crippen LogP contribution >= 0.6 is 0 Å². The maximum atomic E-state index is 2.34. The topological polar surface area (TPSA) is 0 Å². The first-order valence-corrected chi connectivity index (χ1v) is 5.30. The zero-order valence-electron chi connectivity index (χ0n) is 8.40. The highest BCUT2D eigenvalue weighted by atomic mass is 14.4. The van der Waals surface area contributed by atoms with Gasteiger partial charge in [0.25, 0.3) is 0 Å². The molecule has 0 N–H and O–H groups in total. The van der Waals surface area contributed by atoms with Crippen molar-refractivity contribution >= 4 is 5.57 Å². The Morgan fingerprint density at radius 3 is 2.71 bits per heavy atom. The number of hydrogen-bond donors (Lipinski definition) is 0. The fraction of sp³-hybridized carbons (Fsp3) is 0.286. The predicted molar refractivity (Wildman–Crippen MR) is 59.9 cm³/mol. The number of fused-ring (bicyclic) bond motifs is 1. The van der Waals surface area contributed by atoms with Gasteiger partial charge in [-0.3, -0.25) is 0 Å². The van der Waals surface area contributed by atoms with Gasteiger partial charge in [-0.05, 0) is 36.3 Å². The summed E-state index contributed by atoms with van der Waals surface area (Å²) in [6.45, 7) is 2.14. The van der Waals surface area contributed by atoms with E-state index in [1.54, 1.807) is 0 Å². The van der Waals surface area contributed by atoms with Gasteiger partial charge in [-0.2, -0.15) is 0 Å². The van der Waals surface area contributed by atoms with Crippen molar-refractivity contribution in [3.05, 3.63) is 53.6 Å². The molecule has 1 fully saturated rings. The number of rotatable bonds is 1. The summed E-state index contributed by atoms with van der Waals surface area (Å²) in [6.07, 6.45) is 8.18. The van der Waals surface area contributed by atoms with Gasteiger partial charge in [-0.25, -0.2) is 0 Å². The molecule has 1 unspecified atom stereocenters. The average molecular weight is 182 g/mol. The number of hydrogen-bond acceptors (Lipinski definition) is 0. The number of aryl methyl sites for hydroxylation is 1. The number of allylic oxidation sites excluding steroid dienone is 4. The lowest BCUT2D eigenvalue weighted by Gasteiger charge is -2.09. The lowest BCUT2D eigenvalue weighted by Crippen LogP contribution is -1.91. The highest BCUT2D eigenvalue weighted by Gasteiger charge is 2.39. The van der Waals surface area contributed by atoms with Gasteiger partial charge in [0, 0.05) is 0 Å². The molecule has 0 bridgehead atoms. The first-order chi connectivity index (χ1) is 6.84. The van der Waals surface area contributed by atoms with Crippen LogP contribution in [0, 0.1) is 18.8 Å². The molecular weight excluding hydrogens is 168 g/mol. The minimum absolute atomic E-state index is 0.822. The molecule has 1 aromatic carbocycles. The Morgan fingerprint density at radius 2 is 1.93 bits per heavy atom. The zero-order valence-corrected chi connectivity index (χ0v) is 8.40. The van der Waals surface area contributed by atoms with Crippen LogP contribution in [0.15, 0.2) is 42.5 Å². The Morgan fingerprint density at radius 1 is 1.14 bits per heavy atom. The fourth-order valence-electron chi connectivity index (χ4n) is 2.27. The van der Waals surface area contributed by atoms with Gasteiger partial charge in [0.2, 0.25) is 0 Å². The first kappa shape index (κ1) is 8.05. The molecule has 3 rings (SSSR count). The molecule has 0 saturated heterocycles. The van der Waals surface area contributed by atoms with Gasteiger partial charge in [0.15, 0.2) is 0 Å². The van der Waals surface area contributed by atoms with Crippen molar-refractivity contribution in [3.8, 4) is 0 Å². The summed E-state index contributed by atoms with van der Waals surface area (Å²) in [6, 6.07) is 8.89. The summed E-state index contributed by atoms with van der Waals surface area (Å²) < 4.78 is 0. The Labute approximate surface area is 85.0 Å². The molecule has 1 aromatic rings. The second-order valence-corrected chi connectivity index (χ2v) is 4.38. The van der Waals surface area contributed by atoms with Crippen molar-refractivity contribution in [1.82, 2.24) is 0 Å². The SMILES string of the molecule is Cc1ccc(C2=CC=CC3C[C@H]23)cc1. The van der Waals surface area contributed by atoms with E-state index in [0.29, 0.717) is 0 Å². The van der Waals surface area contributed by atoms with E-state index in [9.17, 15) is 0 Å².